The van der Waals surface area contributed by atoms with Crippen LogP contribution >= 0.6 is 11.6 Å². The number of carboxylic acids is 1. The highest BCUT2D eigenvalue weighted by atomic mass is 35.5. The molecule has 4 bridgehead atoms. The van der Waals surface area contributed by atoms with Crippen molar-refractivity contribution in [1.29, 1.82) is 0 Å². The van der Waals surface area contributed by atoms with Crippen molar-refractivity contribution in [2.24, 2.45) is 23.0 Å². The number of carbonyl (C=O) groups excluding carboxylic acids is 1. The largest absolute Gasteiger partial charge is 0.481 e. The molecule has 5 atom stereocenters. The molecule has 4 rings (SSSR count). The molecule has 0 aromatic rings. The van der Waals surface area contributed by atoms with E-state index in [1.807, 2.05) is 0 Å². The van der Waals surface area contributed by atoms with Gasteiger partial charge in [0.25, 0.3) is 0 Å². The van der Waals surface area contributed by atoms with Gasteiger partial charge >= 0.3 is 5.97 Å². The minimum Gasteiger partial charge on any atom is -0.481 e. The summed E-state index contributed by atoms with van der Waals surface area (Å²) >= 11 is 6.60. The molecule has 4 fully saturated rings. The molecule has 0 aliphatic heterocycles. The highest BCUT2D eigenvalue weighted by Gasteiger charge is 2.69. The monoisotopic (exact) mass is 301 g/mol. The Bertz CT molecular complexity index is 466. The van der Waals surface area contributed by atoms with Crippen LogP contribution in [0.25, 0.3) is 0 Å². The number of aliphatic hydroxyl groups is 1. The van der Waals surface area contributed by atoms with Crippen LogP contribution in [0.1, 0.15) is 44.9 Å². The standard InChI is InChI=1S/C14H20ClNO4/c15-12-2-8-1-9(4-12)13(5-10(16)17,6-11(18)19)14(20,3-8)7-12/h8-9,20H,1-7H2,(H2,16,17)(H,18,19)/t8-,9+,12+,13-,14+/m0/s1. The van der Waals surface area contributed by atoms with Gasteiger partial charge in [-0.25, -0.2) is 0 Å². The Morgan fingerprint density at radius 2 is 1.95 bits per heavy atom. The molecule has 6 heteroatoms. The van der Waals surface area contributed by atoms with Crippen molar-refractivity contribution in [1.82, 2.24) is 0 Å². The quantitative estimate of drug-likeness (QED) is 0.680. The van der Waals surface area contributed by atoms with E-state index in [1.165, 1.54) is 0 Å². The zero-order valence-corrected chi connectivity index (χ0v) is 12.0. The lowest BCUT2D eigenvalue weighted by Gasteiger charge is -2.67. The lowest BCUT2D eigenvalue weighted by Crippen LogP contribution is -2.69. The van der Waals surface area contributed by atoms with Gasteiger partial charge in [0.2, 0.25) is 5.91 Å². The second-order valence-electron chi connectivity index (χ2n) is 7.14. The molecule has 0 unspecified atom stereocenters. The first-order valence-electron chi connectivity index (χ1n) is 7.10. The van der Waals surface area contributed by atoms with Gasteiger partial charge in [-0.3, -0.25) is 9.59 Å². The molecule has 4 saturated carbocycles. The molecule has 0 aromatic heterocycles. The van der Waals surface area contributed by atoms with Gasteiger partial charge in [-0.05, 0) is 43.9 Å². The maximum Gasteiger partial charge on any atom is 0.304 e. The molecule has 112 valence electrons. The molecule has 4 aliphatic carbocycles. The third-order valence-electron chi connectivity index (χ3n) is 5.78. The number of hydrogen-bond donors (Lipinski definition) is 3. The van der Waals surface area contributed by atoms with Crippen LogP contribution in [0.2, 0.25) is 0 Å². The van der Waals surface area contributed by atoms with Gasteiger partial charge in [0.15, 0.2) is 0 Å². The summed E-state index contributed by atoms with van der Waals surface area (Å²) in [6, 6.07) is 0. The van der Waals surface area contributed by atoms with Gasteiger partial charge in [-0.15, -0.1) is 11.6 Å². The van der Waals surface area contributed by atoms with Crippen LogP contribution in [0.3, 0.4) is 0 Å². The second kappa shape index (κ2) is 4.10. The molecule has 5 nitrogen and oxygen atoms in total. The molecule has 1 amide bonds. The molecular formula is C14H20ClNO4. The van der Waals surface area contributed by atoms with E-state index in [9.17, 15) is 19.8 Å². The zero-order valence-electron chi connectivity index (χ0n) is 11.3. The van der Waals surface area contributed by atoms with Gasteiger partial charge in [0, 0.05) is 16.7 Å². The number of carboxylic acid groups (broad SMARTS) is 1. The number of halogens is 1. The molecule has 0 radical (unpaired) electrons. The highest BCUT2D eigenvalue weighted by molar-refractivity contribution is 6.24. The molecule has 0 aromatic carbocycles. The molecular weight excluding hydrogens is 282 g/mol. The van der Waals surface area contributed by atoms with E-state index in [-0.39, 0.29) is 18.8 Å². The summed E-state index contributed by atoms with van der Waals surface area (Å²) in [5.74, 6) is -1.24. The number of alkyl halides is 1. The van der Waals surface area contributed by atoms with Crippen LogP contribution in [0.4, 0.5) is 0 Å². The number of nitrogens with two attached hydrogens (primary N) is 1. The third-order valence-corrected chi connectivity index (χ3v) is 6.23. The Labute approximate surface area is 122 Å². The van der Waals surface area contributed by atoms with Crippen LogP contribution in [0.5, 0.6) is 0 Å². The summed E-state index contributed by atoms with van der Waals surface area (Å²) in [7, 11) is 0. The first-order valence-corrected chi connectivity index (χ1v) is 7.47. The highest BCUT2D eigenvalue weighted by Crippen LogP contribution is 2.69. The van der Waals surface area contributed by atoms with Gasteiger partial charge in [0.05, 0.1) is 12.0 Å². The van der Waals surface area contributed by atoms with Crippen molar-refractivity contribution < 1.29 is 19.8 Å². The van der Waals surface area contributed by atoms with Gasteiger partial charge in [-0.2, -0.15) is 0 Å². The van der Waals surface area contributed by atoms with Crippen LogP contribution in [-0.2, 0) is 9.59 Å². The topological polar surface area (TPSA) is 101 Å². The van der Waals surface area contributed by atoms with Gasteiger partial charge in [0.1, 0.15) is 0 Å². The normalized spacial score (nSPS) is 49.3. The van der Waals surface area contributed by atoms with Crippen LogP contribution in [-0.4, -0.2) is 32.6 Å². The predicted molar refractivity (Wildman–Crippen MR) is 72.1 cm³/mol. The maximum atomic E-state index is 11.5. The van der Waals surface area contributed by atoms with Crippen molar-refractivity contribution in [3.8, 4) is 0 Å². The van der Waals surface area contributed by atoms with Crippen molar-refractivity contribution in [2.75, 3.05) is 0 Å². The van der Waals surface area contributed by atoms with Gasteiger partial charge < -0.3 is 15.9 Å². The van der Waals surface area contributed by atoms with E-state index in [4.69, 9.17) is 17.3 Å². The first kappa shape index (κ1) is 14.1. The van der Waals surface area contributed by atoms with Crippen molar-refractivity contribution in [3.05, 3.63) is 0 Å². The lowest BCUT2D eigenvalue weighted by molar-refractivity contribution is -0.228. The van der Waals surface area contributed by atoms with E-state index >= 15 is 0 Å². The Hall–Kier alpha value is -0.810. The summed E-state index contributed by atoms with van der Waals surface area (Å²) in [6.07, 6.45) is 3.03. The summed E-state index contributed by atoms with van der Waals surface area (Å²) in [6.45, 7) is 0. The molecule has 0 spiro atoms. The number of amides is 1. The van der Waals surface area contributed by atoms with E-state index in [0.717, 1.165) is 12.8 Å². The van der Waals surface area contributed by atoms with Crippen molar-refractivity contribution in [2.45, 2.75) is 55.4 Å². The summed E-state index contributed by atoms with van der Waals surface area (Å²) in [5.41, 5.74) is 3.23. The fourth-order valence-corrected chi connectivity index (χ4v) is 6.05. The van der Waals surface area contributed by atoms with E-state index in [0.29, 0.717) is 25.2 Å². The van der Waals surface area contributed by atoms with Crippen LogP contribution in [0, 0.1) is 17.3 Å². The van der Waals surface area contributed by atoms with Gasteiger partial charge in [-0.1, -0.05) is 0 Å². The minimum atomic E-state index is -1.17. The summed E-state index contributed by atoms with van der Waals surface area (Å²) < 4.78 is 0. The zero-order chi connectivity index (χ0) is 14.8. The third kappa shape index (κ3) is 1.86. The predicted octanol–water partition coefficient (Wildman–Crippen LogP) is 1.26. The van der Waals surface area contributed by atoms with Crippen LogP contribution in [0.15, 0.2) is 0 Å². The van der Waals surface area contributed by atoms with E-state index < -0.39 is 27.8 Å². The van der Waals surface area contributed by atoms with Crippen LogP contribution < -0.4 is 5.73 Å². The summed E-state index contributed by atoms with van der Waals surface area (Å²) in [4.78, 5) is 22.4. The SMILES string of the molecule is NC(=O)C[C@]1(CC(=O)O)[C@@H]2C[C@H]3C[C@@](Cl)(C2)C[C@]1(O)C3. The fraction of sp³-hybridized carbons (Fsp3) is 0.857. The first-order chi connectivity index (χ1) is 9.18. The Balaban J connectivity index is 2.05. The Morgan fingerprint density at radius 3 is 2.45 bits per heavy atom. The number of carbonyl (C=O) groups is 2. The average Bonchev–Trinajstić information content (AvgIpc) is 2.21. The average molecular weight is 302 g/mol. The molecule has 0 saturated heterocycles. The molecule has 4 N–H and O–H groups in total. The van der Waals surface area contributed by atoms with E-state index in [2.05, 4.69) is 0 Å². The van der Waals surface area contributed by atoms with Crippen molar-refractivity contribution in [3.63, 3.8) is 0 Å². The lowest BCUT2D eigenvalue weighted by atomic mass is 9.41. The minimum absolute atomic E-state index is 0.0325. The molecule has 0 heterocycles. The maximum absolute atomic E-state index is 11.5. The number of rotatable bonds is 4. The number of aliphatic carboxylic acids is 1. The van der Waals surface area contributed by atoms with Crippen molar-refractivity contribution >= 4 is 23.5 Å². The molecule has 20 heavy (non-hydrogen) atoms. The molecule has 4 aliphatic rings. The summed E-state index contributed by atoms with van der Waals surface area (Å²) in [5, 5.41) is 20.4. The smallest absolute Gasteiger partial charge is 0.304 e. The van der Waals surface area contributed by atoms with E-state index in [1.54, 1.807) is 0 Å². The Morgan fingerprint density at radius 1 is 1.25 bits per heavy atom. The number of hydrogen-bond acceptors (Lipinski definition) is 3. The second-order valence-corrected chi connectivity index (χ2v) is 7.94. The Kier molecular flexibility index (Phi) is 2.90. The number of primary amides is 1. The fourth-order valence-electron chi connectivity index (χ4n) is 5.43.